The van der Waals surface area contributed by atoms with Crippen LogP contribution in [0.15, 0.2) is 30.3 Å². The van der Waals surface area contributed by atoms with Gasteiger partial charge in [0.05, 0.1) is 0 Å². The van der Waals surface area contributed by atoms with Crippen LogP contribution < -0.4 is 10.6 Å². The van der Waals surface area contributed by atoms with E-state index in [2.05, 4.69) is 10.6 Å². The van der Waals surface area contributed by atoms with Crippen LogP contribution in [0.1, 0.15) is 31.7 Å². The fraction of sp³-hybridized carbons (Fsp3) is 0.412. The van der Waals surface area contributed by atoms with Crippen molar-refractivity contribution in [3.05, 3.63) is 35.9 Å². The van der Waals surface area contributed by atoms with Crippen LogP contribution in [0.5, 0.6) is 0 Å². The van der Waals surface area contributed by atoms with Gasteiger partial charge in [-0.1, -0.05) is 37.3 Å². The summed E-state index contributed by atoms with van der Waals surface area (Å²) < 4.78 is 4.93. The Morgan fingerprint density at radius 2 is 1.84 bits per heavy atom. The average Bonchev–Trinajstić information content (AvgIpc) is 2.61. The summed E-state index contributed by atoms with van der Waals surface area (Å²) in [6.07, 6.45) is -0.395. The number of ether oxygens (including phenoxy) is 1. The van der Waals surface area contributed by atoms with Gasteiger partial charge >= 0.3 is 12.1 Å². The predicted octanol–water partition coefficient (Wildman–Crippen LogP) is 1.24. The number of carbonyl (C=O) groups excluding carboxylic acids is 3. The highest BCUT2D eigenvalue weighted by Crippen LogP contribution is 2.02. The highest BCUT2D eigenvalue weighted by molar-refractivity contribution is 5.87. The second-order valence-corrected chi connectivity index (χ2v) is 5.30. The molecule has 0 fully saturated rings. The van der Waals surface area contributed by atoms with Gasteiger partial charge in [-0.3, -0.25) is 9.59 Å². The zero-order chi connectivity index (χ0) is 18.7. The van der Waals surface area contributed by atoms with Crippen molar-refractivity contribution in [3.63, 3.8) is 0 Å². The van der Waals surface area contributed by atoms with Crippen LogP contribution in [-0.2, 0) is 25.7 Å². The minimum absolute atomic E-state index is 0.00615. The lowest BCUT2D eigenvalue weighted by Crippen LogP contribution is -2.45. The molecule has 1 rings (SSSR count). The number of carboxylic acids is 1. The van der Waals surface area contributed by atoms with Crippen molar-refractivity contribution in [2.24, 2.45) is 0 Å². The van der Waals surface area contributed by atoms with Gasteiger partial charge in [-0.15, -0.1) is 0 Å². The third kappa shape index (κ3) is 8.50. The van der Waals surface area contributed by atoms with Crippen LogP contribution >= 0.6 is 0 Å². The fourth-order valence-corrected chi connectivity index (χ4v) is 1.91. The van der Waals surface area contributed by atoms with E-state index in [1.165, 1.54) is 0 Å². The van der Waals surface area contributed by atoms with Crippen LogP contribution in [0.2, 0.25) is 0 Å². The maximum Gasteiger partial charge on any atom is 0.407 e. The molecule has 1 aromatic carbocycles. The second kappa shape index (κ2) is 10.8. The first-order valence-electron chi connectivity index (χ1n) is 7.90. The van der Waals surface area contributed by atoms with E-state index in [1.54, 1.807) is 31.2 Å². The van der Waals surface area contributed by atoms with Crippen LogP contribution in [0, 0.1) is 0 Å². The highest BCUT2D eigenvalue weighted by Gasteiger charge is 2.20. The lowest BCUT2D eigenvalue weighted by molar-refractivity contribution is -0.142. The summed E-state index contributed by atoms with van der Waals surface area (Å²) in [5.74, 6) is -1.99. The number of carbonyl (C=O) groups is 4. The molecule has 0 saturated carbocycles. The van der Waals surface area contributed by atoms with Crippen molar-refractivity contribution >= 4 is 23.8 Å². The standard InChI is InChI=1S/C17H22N2O6/c1-2-13(20)8-9-14(16(22)23)19-15(21)10-18-17(24)25-11-12-6-4-3-5-7-12/h3-7,14H,2,8-11H2,1H3,(H,18,24)(H,19,21)(H,22,23)/t14-/m0/s1. The summed E-state index contributed by atoms with van der Waals surface area (Å²) in [6, 6.07) is 7.84. The Balaban J connectivity index is 2.32. The van der Waals surface area contributed by atoms with Gasteiger partial charge in [0.2, 0.25) is 5.91 Å². The molecule has 0 aliphatic rings. The molecule has 0 aromatic heterocycles. The smallest absolute Gasteiger partial charge is 0.407 e. The van der Waals surface area contributed by atoms with Gasteiger partial charge in [-0.2, -0.15) is 0 Å². The van der Waals surface area contributed by atoms with Gasteiger partial charge in [-0.05, 0) is 12.0 Å². The number of hydrogen-bond acceptors (Lipinski definition) is 5. The number of aliphatic carboxylic acids is 1. The molecule has 2 amide bonds. The summed E-state index contributed by atoms with van der Waals surface area (Å²) in [6.45, 7) is 1.33. The first kappa shape index (κ1) is 20.1. The largest absolute Gasteiger partial charge is 0.480 e. The van der Waals surface area contributed by atoms with E-state index in [4.69, 9.17) is 9.84 Å². The van der Waals surface area contributed by atoms with E-state index in [1.807, 2.05) is 6.07 Å². The van der Waals surface area contributed by atoms with E-state index in [0.717, 1.165) is 5.56 Å². The summed E-state index contributed by atoms with van der Waals surface area (Å²) >= 11 is 0. The van der Waals surface area contributed by atoms with Crippen LogP contribution in [-0.4, -0.2) is 41.4 Å². The lowest BCUT2D eigenvalue weighted by Gasteiger charge is -2.14. The van der Waals surface area contributed by atoms with Gasteiger partial charge in [0.1, 0.15) is 25.0 Å². The molecule has 0 spiro atoms. The summed E-state index contributed by atoms with van der Waals surface area (Å²) in [5.41, 5.74) is 0.800. The second-order valence-electron chi connectivity index (χ2n) is 5.30. The van der Waals surface area contributed by atoms with Crippen molar-refractivity contribution in [1.29, 1.82) is 0 Å². The molecule has 0 heterocycles. The first-order valence-corrected chi connectivity index (χ1v) is 7.90. The number of rotatable bonds is 10. The number of carboxylic acid groups (broad SMARTS) is 1. The zero-order valence-corrected chi connectivity index (χ0v) is 14.0. The van der Waals surface area contributed by atoms with Gasteiger partial charge in [-0.25, -0.2) is 9.59 Å². The third-order valence-corrected chi connectivity index (χ3v) is 3.35. The zero-order valence-electron chi connectivity index (χ0n) is 14.0. The molecule has 136 valence electrons. The molecule has 1 aromatic rings. The van der Waals surface area contributed by atoms with E-state index in [9.17, 15) is 19.2 Å². The van der Waals surface area contributed by atoms with Crippen molar-refractivity contribution in [3.8, 4) is 0 Å². The van der Waals surface area contributed by atoms with Crippen molar-refractivity contribution in [2.75, 3.05) is 6.54 Å². The van der Waals surface area contributed by atoms with E-state index < -0.39 is 30.6 Å². The maximum absolute atomic E-state index is 11.7. The highest BCUT2D eigenvalue weighted by atomic mass is 16.5. The Kier molecular flexibility index (Phi) is 8.70. The number of ketones is 1. The lowest BCUT2D eigenvalue weighted by atomic mass is 10.1. The molecule has 0 aliphatic carbocycles. The van der Waals surface area contributed by atoms with Gasteiger partial charge in [0.15, 0.2) is 0 Å². The molecule has 3 N–H and O–H groups in total. The molecule has 1 atom stereocenters. The number of benzene rings is 1. The van der Waals surface area contributed by atoms with Gasteiger partial charge in [0, 0.05) is 12.8 Å². The first-order chi connectivity index (χ1) is 11.9. The summed E-state index contributed by atoms with van der Waals surface area (Å²) in [5, 5.41) is 13.6. The Labute approximate surface area is 145 Å². The van der Waals surface area contributed by atoms with Crippen LogP contribution in [0.3, 0.4) is 0 Å². The van der Waals surface area contributed by atoms with Gasteiger partial charge in [0.25, 0.3) is 0 Å². The Hall–Kier alpha value is -2.90. The van der Waals surface area contributed by atoms with Crippen molar-refractivity contribution in [1.82, 2.24) is 10.6 Å². The normalized spacial score (nSPS) is 11.2. The molecule has 0 saturated heterocycles. The predicted molar refractivity (Wildman–Crippen MR) is 88.7 cm³/mol. The topological polar surface area (TPSA) is 122 Å². The molecule has 25 heavy (non-hydrogen) atoms. The fourth-order valence-electron chi connectivity index (χ4n) is 1.91. The third-order valence-electron chi connectivity index (χ3n) is 3.35. The number of hydrogen-bond donors (Lipinski definition) is 3. The molecule has 0 bridgehead atoms. The molecular weight excluding hydrogens is 328 g/mol. The molecule has 0 unspecified atom stereocenters. The summed E-state index contributed by atoms with van der Waals surface area (Å²) in [7, 11) is 0. The van der Waals surface area contributed by atoms with Crippen molar-refractivity contribution < 1.29 is 29.0 Å². The Bertz CT molecular complexity index is 602. The van der Waals surface area contributed by atoms with Crippen LogP contribution in [0.25, 0.3) is 0 Å². The van der Waals surface area contributed by atoms with E-state index in [0.29, 0.717) is 6.42 Å². The van der Waals surface area contributed by atoms with Crippen molar-refractivity contribution in [2.45, 2.75) is 38.8 Å². The molecular formula is C17H22N2O6. The molecule has 0 radical (unpaired) electrons. The number of nitrogens with one attached hydrogen (secondary N) is 2. The number of Topliss-reactive ketones (excluding diaryl/α,β-unsaturated/α-hetero) is 1. The maximum atomic E-state index is 11.7. The number of alkyl carbamates (subject to hydrolysis) is 1. The van der Waals surface area contributed by atoms with E-state index >= 15 is 0 Å². The minimum Gasteiger partial charge on any atom is -0.480 e. The SMILES string of the molecule is CCC(=O)CC[C@H](NC(=O)CNC(=O)OCc1ccccc1)C(=O)O. The molecule has 0 aliphatic heterocycles. The summed E-state index contributed by atoms with van der Waals surface area (Å²) in [4.78, 5) is 45.6. The molecule has 8 heteroatoms. The number of amides is 2. The quantitative estimate of drug-likeness (QED) is 0.584. The Morgan fingerprint density at radius 1 is 1.16 bits per heavy atom. The molecule has 8 nitrogen and oxygen atoms in total. The Morgan fingerprint density at radius 3 is 2.44 bits per heavy atom. The van der Waals surface area contributed by atoms with Gasteiger partial charge < -0.3 is 20.5 Å². The van der Waals surface area contributed by atoms with Crippen LogP contribution in [0.4, 0.5) is 4.79 Å². The minimum atomic E-state index is -1.23. The monoisotopic (exact) mass is 350 g/mol. The average molecular weight is 350 g/mol. The van der Waals surface area contributed by atoms with E-state index in [-0.39, 0.29) is 25.2 Å².